The number of fused-ring (bicyclic) bond motifs is 1. The first-order valence-corrected chi connectivity index (χ1v) is 11.9. The molecule has 2 fully saturated rings. The molecule has 1 aliphatic carbocycles. The van der Waals surface area contributed by atoms with Crippen molar-refractivity contribution in [2.24, 2.45) is 11.8 Å². The van der Waals surface area contributed by atoms with Gasteiger partial charge in [-0.2, -0.15) is 0 Å². The van der Waals surface area contributed by atoms with E-state index >= 15 is 0 Å². The van der Waals surface area contributed by atoms with E-state index in [1.165, 1.54) is 4.90 Å². The van der Waals surface area contributed by atoms with E-state index in [1.807, 2.05) is 30.3 Å². The molecule has 0 bridgehead atoms. The van der Waals surface area contributed by atoms with Crippen LogP contribution in [0.1, 0.15) is 43.0 Å². The molecule has 4 rings (SSSR count). The minimum atomic E-state index is -0.327. The smallest absolute Gasteiger partial charge is 0.309 e. The number of rotatable bonds is 7. The molecule has 2 aromatic rings. The Morgan fingerprint density at radius 2 is 1.65 bits per heavy atom. The molecule has 1 heterocycles. The van der Waals surface area contributed by atoms with Crippen LogP contribution >= 0.6 is 0 Å². The molecule has 0 spiro atoms. The minimum absolute atomic E-state index is 0.00580. The van der Waals surface area contributed by atoms with Gasteiger partial charge in [-0.15, -0.1) is 0 Å². The number of carbonyl (C=O) groups is 4. The van der Waals surface area contributed by atoms with Gasteiger partial charge in [0.2, 0.25) is 11.8 Å². The highest BCUT2D eigenvalue weighted by Crippen LogP contribution is 2.32. The molecule has 0 radical (unpaired) electrons. The van der Waals surface area contributed by atoms with Crippen molar-refractivity contribution in [3.05, 3.63) is 42.0 Å². The van der Waals surface area contributed by atoms with Crippen molar-refractivity contribution in [3.63, 3.8) is 0 Å². The molecule has 34 heavy (non-hydrogen) atoms. The van der Waals surface area contributed by atoms with Crippen LogP contribution in [0.15, 0.2) is 36.4 Å². The number of benzene rings is 2. The van der Waals surface area contributed by atoms with Crippen LogP contribution in [-0.2, 0) is 19.1 Å². The van der Waals surface area contributed by atoms with Gasteiger partial charge >= 0.3 is 5.97 Å². The number of amides is 3. The highest BCUT2D eigenvalue weighted by Gasteiger charge is 2.32. The van der Waals surface area contributed by atoms with Crippen molar-refractivity contribution >= 4 is 40.2 Å². The third-order valence-electron chi connectivity index (χ3n) is 6.51. The fourth-order valence-corrected chi connectivity index (χ4v) is 4.31. The van der Waals surface area contributed by atoms with E-state index in [9.17, 15) is 19.2 Å². The molecule has 180 valence electrons. The zero-order valence-corrected chi connectivity index (χ0v) is 19.7. The van der Waals surface area contributed by atoms with E-state index in [1.54, 1.807) is 24.9 Å². The Morgan fingerprint density at radius 3 is 2.26 bits per heavy atom. The maximum atomic E-state index is 13.4. The molecule has 1 saturated carbocycles. The number of nitrogens with one attached hydrogen (secondary N) is 1. The lowest BCUT2D eigenvalue weighted by Crippen LogP contribution is -2.45. The third kappa shape index (κ3) is 5.38. The summed E-state index contributed by atoms with van der Waals surface area (Å²) >= 11 is 0. The van der Waals surface area contributed by atoms with E-state index in [0.29, 0.717) is 43.8 Å². The predicted molar refractivity (Wildman–Crippen MR) is 128 cm³/mol. The Morgan fingerprint density at radius 1 is 1.00 bits per heavy atom. The molecule has 0 atom stereocenters. The summed E-state index contributed by atoms with van der Waals surface area (Å²) in [4.78, 5) is 53.7. The first-order chi connectivity index (χ1) is 16.4. The molecule has 1 N–H and O–H groups in total. The fourth-order valence-electron chi connectivity index (χ4n) is 4.31. The first-order valence-electron chi connectivity index (χ1n) is 11.9. The lowest BCUT2D eigenvalue weighted by atomic mass is 9.97. The molecule has 1 saturated heterocycles. The number of likely N-dealkylation sites (tertiary alicyclic amines) is 1. The highest BCUT2D eigenvalue weighted by atomic mass is 16.5. The van der Waals surface area contributed by atoms with Crippen molar-refractivity contribution in [2.75, 3.05) is 38.6 Å². The Kier molecular flexibility index (Phi) is 7.14. The van der Waals surface area contributed by atoms with Crippen molar-refractivity contribution < 1.29 is 23.9 Å². The van der Waals surface area contributed by atoms with E-state index in [-0.39, 0.29) is 42.1 Å². The standard InChI is InChI=1S/C26H31N3O5/c1-3-34-26(33)18-10-12-29(13-11-18)23(30)16-28(2)25(32)21-14-19-6-4-5-7-20(19)15-22(21)27-24(31)17-8-9-17/h4-7,14-15,17-18H,3,8-13,16H2,1-2H3,(H,27,31). The van der Waals surface area contributed by atoms with Gasteiger partial charge in [-0.25, -0.2) is 0 Å². The fraction of sp³-hybridized carbons (Fsp3) is 0.462. The van der Waals surface area contributed by atoms with Gasteiger partial charge < -0.3 is 19.9 Å². The number of ether oxygens (including phenoxy) is 1. The number of piperidine rings is 1. The van der Waals surface area contributed by atoms with Crippen LogP contribution in [0.2, 0.25) is 0 Å². The van der Waals surface area contributed by atoms with Gasteiger partial charge in [0.1, 0.15) is 0 Å². The lowest BCUT2D eigenvalue weighted by Gasteiger charge is -2.32. The van der Waals surface area contributed by atoms with Crippen molar-refractivity contribution in [2.45, 2.75) is 32.6 Å². The number of carbonyl (C=O) groups excluding carboxylic acids is 4. The number of hydrogen-bond donors (Lipinski definition) is 1. The summed E-state index contributed by atoms with van der Waals surface area (Å²) in [5.74, 6) is -0.953. The van der Waals surface area contributed by atoms with Gasteiger partial charge in [-0.3, -0.25) is 19.2 Å². The van der Waals surface area contributed by atoms with Crippen molar-refractivity contribution in [3.8, 4) is 0 Å². The van der Waals surface area contributed by atoms with Gasteiger partial charge in [0.05, 0.1) is 30.3 Å². The maximum absolute atomic E-state index is 13.4. The summed E-state index contributed by atoms with van der Waals surface area (Å²) < 4.78 is 5.08. The second-order valence-electron chi connectivity index (χ2n) is 9.08. The Hall–Kier alpha value is -3.42. The number of nitrogens with zero attached hydrogens (tertiary/aromatic N) is 2. The SMILES string of the molecule is CCOC(=O)C1CCN(C(=O)CN(C)C(=O)c2cc3ccccc3cc2NC(=O)C2CC2)CC1. The molecule has 2 aromatic carbocycles. The second kappa shape index (κ2) is 10.2. The van der Waals surface area contributed by atoms with Crippen LogP contribution in [0.4, 0.5) is 5.69 Å². The van der Waals surface area contributed by atoms with E-state index in [2.05, 4.69) is 5.32 Å². The number of esters is 1. The molecule has 8 nitrogen and oxygen atoms in total. The summed E-state index contributed by atoms with van der Waals surface area (Å²) in [5.41, 5.74) is 0.833. The first kappa shape index (κ1) is 23.7. The van der Waals surface area contributed by atoms with Crippen LogP contribution < -0.4 is 5.32 Å². The van der Waals surface area contributed by atoms with Gasteiger partial charge in [0.25, 0.3) is 5.91 Å². The molecule has 3 amide bonds. The Balaban J connectivity index is 1.44. The molecular formula is C26H31N3O5. The number of hydrogen-bond acceptors (Lipinski definition) is 5. The van der Waals surface area contributed by atoms with Gasteiger partial charge in [0.15, 0.2) is 0 Å². The zero-order chi connectivity index (χ0) is 24.2. The Labute approximate surface area is 199 Å². The maximum Gasteiger partial charge on any atom is 0.309 e. The Bertz CT molecular complexity index is 1100. The summed E-state index contributed by atoms with van der Waals surface area (Å²) in [5, 5.41) is 4.73. The summed E-state index contributed by atoms with van der Waals surface area (Å²) in [6.07, 6.45) is 2.85. The second-order valence-corrected chi connectivity index (χ2v) is 9.08. The van der Waals surface area contributed by atoms with Crippen LogP contribution in [0.25, 0.3) is 10.8 Å². The average molecular weight is 466 g/mol. The highest BCUT2D eigenvalue weighted by molar-refractivity contribution is 6.08. The lowest BCUT2D eigenvalue weighted by molar-refractivity contribution is -0.151. The molecular weight excluding hydrogens is 434 g/mol. The van der Waals surface area contributed by atoms with E-state index in [0.717, 1.165) is 23.6 Å². The normalized spacial score (nSPS) is 16.2. The summed E-state index contributed by atoms with van der Waals surface area (Å²) in [7, 11) is 1.59. The minimum Gasteiger partial charge on any atom is -0.466 e. The summed E-state index contributed by atoms with van der Waals surface area (Å²) in [6.45, 7) is 2.97. The number of anilines is 1. The van der Waals surface area contributed by atoms with Crippen LogP contribution in [0.3, 0.4) is 0 Å². The largest absolute Gasteiger partial charge is 0.466 e. The van der Waals surface area contributed by atoms with Gasteiger partial charge in [0, 0.05) is 26.1 Å². The molecule has 1 aliphatic heterocycles. The van der Waals surface area contributed by atoms with E-state index < -0.39 is 0 Å². The van der Waals surface area contributed by atoms with Crippen molar-refractivity contribution in [1.29, 1.82) is 0 Å². The quantitative estimate of drug-likeness (QED) is 0.634. The molecule has 0 aromatic heterocycles. The van der Waals surface area contributed by atoms with Crippen LogP contribution in [0, 0.1) is 11.8 Å². The molecule has 0 unspecified atom stereocenters. The number of likely N-dealkylation sites (N-methyl/N-ethyl adjacent to an activating group) is 1. The zero-order valence-electron chi connectivity index (χ0n) is 19.7. The monoisotopic (exact) mass is 465 g/mol. The third-order valence-corrected chi connectivity index (χ3v) is 6.51. The topological polar surface area (TPSA) is 96.0 Å². The van der Waals surface area contributed by atoms with E-state index in [4.69, 9.17) is 4.74 Å². The average Bonchev–Trinajstić information content (AvgIpc) is 3.69. The van der Waals surface area contributed by atoms with Crippen LogP contribution in [0.5, 0.6) is 0 Å². The predicted octanol–water partition coefficient (Wildman–Crippen LogP) is 3.06. The summed E-state index contributed by atoms with van der Waals surface area (Å²) in [6, 6.07) is 11.2. The van der Waals surface area contributed by atoms with Crippen LogP contribution in [-0.4, -0.2) is 66.8 Å². The van der Waals surface area contributed by atoms with Gasteiger partial charge in [-0.05, 0) is 55.5 Å². The van der Waals surface area contributed by atoms with Gasteiger partial charge in [-0.1, -0.05) is 24.3 Å². The van der Waals surface area contributed by atoms with Crippen molar-refractivity contribution in [1.82, 2.24) is 9.80 Å². The molecule has 8 heteroatoms. The molecule has 2 aliphatic rings.